The lowest BCUT2D eigenvalue weighted by Crippen LogP contribution is -2.56. The third-order valence-electron chi connectivity index (χ3n) is 9.12. The molecule has 3 aliphatic rings. The van der Waals surface area contributed by atoms with Crippen LogP contribution in [0.4, 0.5) is 11.4 Å². The second-order valence-electron chi connectivity index (χ2n) is 11.9. The highest BCUT2D eigenvalue weighted by Gasteiger charge is 2.77. The zero-order chi connectivity index (χ0) is 28.2. The highest BCUT2D eigenvalue weighted by molar-refractivity contribution is 8.02. The zero-order valence-electron chi connectivity index (χ0n) is 23.0. The Morgan fingerprint density at radius 2 is 1.62 bits per heavy atom. The summed E-state index contributed by atoms with van der Waals surface area (Å²) in [5, 5.41) is 18.6. The Bertz CT molecular complexity index is 1480. The summed E-state index contributed by atoms with van der Waals surface area (Å²) < 4.78 is -1.23. The predicted molar refractivity (Wildman–Crippen MR) is 159 cm³/mol. The highest BCUT2D eigenvalue weighted by Crippen LogP contribution is 2.71. The number of carbonyl (C=O) groups excluding carboxylic acids is 3. The number of aliphatic hydroxyl groups is 1. The maximum absolute atomic E-state index is 14.4. The number of hydrogen-bond acceptors (Lipinski definition) is 5. The van der Waals surface area contributed by atoms with Gasteiger partial charge in [0.2, 0.25) is 17.7 Å². The lowest BCUT2D eigenvalue weighted by molar-refractivity contribution is -0.142. The Labute approximate surface area is 238 Å². The smallest absolute Gasteiger partial charge is 0.248 e. The fraction of sp³-hybridized carbons (Fsp3) is 0.406. The van der Waals surface area contributed by atoms with E-state index in [9.17, 15) is 19.5 Å². The van der Waals surface area contributed by atoms with Crippen LogP contribution >= 0.6 is 11.8 Å². The Hall–Kier alpha value is -3.36. The van der Waals surface area contributed by atoms with E-state index in [0.717, 1.165) is 17.2 Å². The van der Waals surface area contributed by atoms with Crippen molar-refractivity contribution in [3.8, 4) is 0 Å². The summed E-state index contributed by atoms with van der Waals surface area (Å²) in [7, 11) is 0. The zero-order valence-corrected chi connectivity index (χ0v) is 23.8. The van der Waals surface area contributed by atoms with Crippen molar-refractivity contribution >= 4 is 51.6 Å². The monoisotopic (exact) mass is 557 g/mol. The van der Waals surface area contributed by atoms with E-state index in [4.69, 9.17) is 0 Å². The predicted octanol–water partition coefficient (Wildman–Crippen LogP) is 4.92. The molecule has 3 aromatic rings. The molecule has 6 rings (SSSR count). The number of carbonyl (C=O) groups is 3. The van der Waals surface area contributed by atoms with Crippen molar-refractivity contribution in [2.45, 2.75) is 55.2 Å². The highest BCUT2D eigenvalue weighted by atomic mass is 32.2. The van der Waals surface area contributed by atoms with Crippen LogP contribution < -0.4 is 10.6 Å². The van der Waals surface area contributed by atoms with Gasteiger partial charge in [0.1, 0.15) is 6.04 Å². The van der Waals surface area contributed by atoms with E-state index < -0.39 is 33.4 Å². The number of para-hydroxylation sites is 1. The molecule has 3 amide bonds. The quantitative estimate of drug-likeness (QED) is 0.383. The van der Waals surface area contributed by atoms with Crippen LogP contribution in [0.3, 0.4) is 0 Å². The Morgan fingerprint density at radius 1 is 0.950 bits per heavy atom. The average molecular weight is 558 g/mol. The molecule has 0 radical (unpaired) electrons. The molecule has 2 unspecified atom stereocenters. The van der Waals surface area contributed by atoms with Crippen molar-refractivity contribution in [2.24, 2.45) is 17.8 Å². The number of likely N-dealkylation sites (tertiary alicyclic amines) is 1. The maximum atomic E-state index is 14.4. The lowest BCUT2D eigenvalue weighted by atomic mass is 9.66. The molecule has 3 aromatic carbocycles. The molecule has 3 N–H and O–H groups in total. The Balaban J connectivity index is 1.39. The summed E-state index contributed by atoms with van der Waals surface area (Å²) in [5.74, 6) is -2.00. The number of fused-ring (bicyclic) bond motifs is 2. The molecule has 40 heavy (non-hydrogen) atoms. The van der Waals surface area contributed by atoms with Crippen LogP contribution in [-0.2, 0) is 14.4 Å². The normalized spacial score (nSPS) is 29.6. The number of hydrogen-bond donors (Lipinski definition) is 3. The summed E-state index contributed by atoms with van der Waals surface area (Å²) in [5.41, 5.74) is 1.34. The molecular weight excluding hydrogens is 522 g/mol. The van der Waals surface area contributed by atoms with Crippen LogP contribution in [0, 0.1) is 17.8 Å². The molecular formula is C32H35N3O4S. The molecule has 3 saturated heterocycles. The van der Waals surface area contributed by atoms with Crippen LogP contribution in [0.25, 0.3) is 10.8 Å². The minimum absolute atomic E-state index is 0.0745. The molecule has 8 heteroatoms. The van der Waals surface area contributed by atoms with Crippen molar-refractivity contribution in [1.82, 2.24) is 4.90 Å². The largest absolute Gasteiger partial charge is 0.394 e. The maximum Gasteiger partial charge on any atom is 0.248 e. The van der Waals surface area contributed by atoms with Crippen LogP contribution in [0.2, 0.25) is 0 Å². The van der Waals surface area contributed by atoms with Gasteiger partial charge in [-0.3, -0.25) is 14.4 Å². The third-order valence-corrected chi connectivity index (χ3v) is 11.1. The van der Waals surface area contributed by atoms with E-state index in [0.29, 0.717) is 17.8 Å². The average Bonchev–Trinajstić information content (AvgIpc) is 3.50. The topological polar surface area (TPSA) is 98.7 Å². The first-order valence-electron chi connectivity index (χ1n) is 14.0. The Morgan fingerprint density at radius 3 is 2.33 bits per heavy atom. The fourth-order valence-corrected chi connectivity index (χ4v) is 9.60. The van der Waals surface area contributed by atoms with Gasteiger partial charge in [-0.1, -0.05) is 62.4 Å². The number of anilines is 2. The molecule has 0 aliphatic carbocycles. The number of nitrogens with one attached hydrogen (secondary N) is 2. The van der Waals surface area contributed by atoms with E-state index in [1.165, 1.54) is 0 Å². The summed E-state index contributed by atoms with van der Waals surface area (Å²) >= 11 is 1.63. The number of thioether (sulfide) groups is 1. The number of benzene rings is 3. The lowest BCUT2D eigenvalue weighted by Gasteiger charge is -2.38. The van der Waals surface area contributed by atoms with Crippen molar-refractivity contribution in [3.05, 3.63) is 72.8 Å². The molecule has 208 valence electrons. The fourth-order valence-electron chi connectivity index (χ4n) is 7.26. The van der Waals surface area contributed by atoms with Gasteiger partial charge in [0.15, 0.2) is 0 Å². The van der Waals surface area contributed by atoms with E-state index in [1.54, 1.807) is 16.7 Å². The first kappa shape index (κ1) is 26.8. The van der Waals surface area contributed by atoms with Crippen LogP contribution in [-0.4, -0.2) is 55.9 Å². The number of nitrogens with zero attached hydrogens (tertiary/aromatic N) is 1. The number of aliphatic hydroxyl groups excluding tert-OH is 1. The molecule has 3 aliphatic heterocycles. The third kappa shape index (κ3) is 4.11. The molecule has 0 aromatic heterocycles. The molecule has 3 fully saturated rings. The van der Waals surface area contributed by atoms with Crippen molar-refractivity contribution in [3.63, 3.8) is 0 Å². The van der Waals surface area contributed by atoms with Crippen LogP contribution in [0.15, 0.2) is 72.8 Å². The van der Waals surface area contributed by atoms with E-state index in [1.807, 2.05) is 86.6 Å². The second-order valence-corrected chi connectivity index (χ2v) is 13.8. The number of amides is 3. The minimum atomic E-state index is -0.808. The Kier molecular flexibility index (Phi) is 6.66. The molecule has 6 atom stereocenters. The first-order valence-corrected chi connectivity index (χ1v) is 14.8. The van der Waals surface area contributed by atoms with Gasteiger partial charge in [0, 0.05) is 16.1 Å². The minimum Gasteiger partial charge on any atom is -0.394 e. The van der Waals surface area contributed by atoms with E-state index >= 15 is 0 Å². The van der Waals surface area contributed by atoms with Crippen molar-refractivity contribution in [2.75, 3.05) is 17.2 Å². The number of rotatable bonds is 7. The molecule has 2 bridgehead atoms. The van der Waals surface area contributed by atoms with E-state index in [-0.39, 0.29) is 30.2 Å². The van der Waals surface area contributed by atoms with Gasteiger partial charge in [-0.15, -0.1) is 11.8 Å². The van der Waals surface area contributed by atoms with Gasteiger partial charge < -0.3 is 20.6 Å². The summed E-state index contributed by atoms with van der Waals surface area (Å²) in [6.07, 6.45) is 1.38. The first-order chi connectivity index (χ1) is 19.2. The van der Waals surface area contributed by atoms with Gasteiger partial charge in [0.25, 0.3) is 0 Å². The molecule has 3 heterocycles. The van der Waals surface area contributed by atoms with Gasteiger partial charge in [-0.2, -0.15) is 0 Å². The molecule has 0 saturated carbocycles. The van der Waals surface area contributed by atoms with Gasteiger partial charge >= 0.3 is 0 Å². The van der Waals surface area contributed by atoms with Crippen molar-refractivity contribution < 1.29 is 19.5 Å². The summed E-state index contributed by atoms with van der Waals surface area (Å²) in [6.45, 7) is 5.70. The molecule has 1 spiro atoms. The van der Waals surface area contributed by atoms with Crippen molar-refractivity contribution in [1.29, 1.82) is 0 Å². The second kappa shape index (κ2) is 9.93. The van der Waals surface area contributed by atoms with Gasteiger partial charge in [0.05, 0.1) is 29.2 Å². The molecule has 7 nitrogen and oxygen atoms in total. The standard InChI is InChI=1S/C32H35N3O4S/c1-19(2)24(18-36)35-27(29(38)34-23-14-13-20-9-7-8-10-21(20)17-23)32-16-15-31(3,40-32)25(26(32)30(35)39)28(37)33-22-11-5-4-6-12-22/h4-14,17,19,24-27,36H,15-16,18H2,1-3H3,(H,33,37)(H,34,38)/t24-,25-,26-,27?,31+,32?/m0/s1. The summed E-state index contributed by atoms with van der Waals surface area (Å²) in [4.78, 5) is 44.1. The van der Waals surface area contributed by atoms with Gasteiger partial charge in [-0.25, -0.2) is 0 Å². The SMILES string of the molecule is CC(C)[C@H](CO)N1C(=O)[C@@H]2[C@@H](C(=O)Nc3ccccc3)[C@@]3(C)CCC2(S3)C1C(=O)Nc1ccc2ccccc2c1. The summed E-state index contributed by atoms with van der Waals surface area (Å²) in [6, 6.07) is 21.7. The van der Waals surface area contributed by atoms with E-state index in [2.05, 4.69) is 17.6 Å². The van der Waals surface area contributed by atoms with Crippen LogP contribution in [0.5, 0.6) is 0 Å². The van der Waals surface area contributed by atoms with Crippen LogP contribution in [0.1, 0.15) is 33.6 Å². The van der Waals surface area contributed by atoms with Gasteiger partial charge in [-0.05, 0) is 60.7 Å².